The summed E-state index contributed by atoms with van der Waals surface area (Å²) in [7, 11) is 1.48. The molecule has 0 spiro atoms. The van der Waals surface area contributed by atoms with Crippen LogP contribution in [0.25, 0.3) is 0 Å². The Hall–Kier alpha value is -2.89. The van der Waals surface area contributed by atoms with Crippen LogP contribution >= 0.6 is 0 Å². The van der Waals surface area contributed by atoms with Crippen LogP contribution in [0.3, 0.4) is 0 Å². The van der Waals surface area contributed by atoms with Gasteiger partial charge in [0.05, 0.1) is 20.1 Å². The molecular weight excluding hydrogens is 504 g/mol. The summed E-state index contributed by atoms with van der Waals surface area (Å²) in [6, 6.07) is 8.11. The maximum Gasteiger partial charge on any atom is 0.174 e. The van der Waals surface area contributed by atoms with Crippen LogP contribution in [0.15, 0.2) is 30.3 Å². The number of methoxy groups -OCH3 is 1. The van der Waals surface area contributed by atoms with E-state index in [0.29, 0.717) is 29.4 Å². The van der Waals surface area contributed by atoms with Crippen molar-refractivity contribution in [2.45, 2.75) is 122 Å². The van der Waals surface area contributed by atoms with Gasteiger partial charge in [-0.15, -0.1) is 0 Å². The van der Waals surface area contributed by atoms with E-state index in [4.69, 9.17) is 14.2 Å². The summed E-state index contributed by atoms with van der Waals surface area (Å²) in [5.74, 6) is 0.806. The van der Waals surface area contributed by atoms with Gasteiger partial charge in [0.2, 0.25) is 0 Å². The van der Waals surface area contributed by atoms with E-state index in [1.807, 2.05) is 0 Å². The Balaban J connectivity index is 1.29. The number of hydrogen-bond donors (Lipinski definition) is 2. The maximum atomic E-state index is 12.8. The monoisotopic (exact) mass is 554 g/mol. The third kappa shape index (κ3) is 10.3. The topological polar surface area (TPSA) is 85.2 Å². The van der Waals surface area contributed by atoms with Gasteiger partial charge in [-0.05, 0) is 24.1 Å². The number of rotatable bonds is 20. The Morgan fingerprint density at radius 2 is 1.35 bits per heavy atom. The van der Waals surface area contributed by atoms with Crippen molar-refractivity contribution in [2.75, 3.05) is 13.7 Å². The number of unbranched alkanes of at least 4 members (excludes halogenated alkanes) is 15. The SMILES string of the molecule is CCCCCCCCCCCCCCCCCCOc1cc(O)c2c(c1)OC(c1ccc(OC)c(O)c1)CC2=O. The first kappa shape index (κ1) is 31.6. The van der Waals surface area contributed by atoms with Crippen molar-refractivity contribution < 1.29 is 29.2 Å². The van der Waals surface area contributed by atoms with Gasteiger partial charge >= 0.3 is 0 Å². The molecule has 0 bridgehead atoms. The summed E-state index contributed by atoms with van der Waals surface area (Å²) < 4.78 is 17.1. The summed E-state index contributed by atoms with van der Waals surface area (Å²) in [5, 5.41) is 20.6. The summed E-state index contributed by atoms with van der Waals surface area (Å²) >= 11 is 0. The van der Waals surface area contributed by atoms with Crippen molar-refractivity contribution >= 4 is 5.78 Å². The highest BCUT2D eigenvalue weighted by Gasteiger charge is 2.31. The van der Waals surface area contributed by atoms with E-state index < -0.39 is 6.10 Å². The number of ether oxygens (including phenoxy) is 3. The number of phenols is 2. The van der Waals surface area contributed by atoms with Gasteiger partial charge < -0.3 is 24.4 Å². The van der Waals surface area contributed by atoms with Crippen LogP contribution in [0.4, 0.5) is 0 Å². The number of fused-ring (bicyclic) bond motifs is 1. The van der Waals surface area contributed by atoms with E-state index in [9.17, 15) is 15.0 Å². The van der Waals surface area contributed by atoms with E-state index >= 15 is 0 Å². The molecule has 3 rings (SSSR count). The quantitative estimate of drug-likeness (QED) is 0.159. The zero-order valence-electron chi connectivity index (χ0n) is 24.7. The molecule has 6 heteroatoms. The van der Waals surface area contributed by atoms with Crippen molar-refractivity contribution in [2.24, 2.45) is 0 Å². The molecule has 40 heavy (non-hydrogen) atoms. The highest BCUT2D eigenvalue weighted by Crippen LogP contribution is 2.43. The molecule has 2 N–H and O–H groups in total. The number of aromatic hydroxyl groups is 2. The Morgan fingerprint density at radius 3 is 1.90 bits per heavy atom. The number of phenolic OH excluding ortho intramolecular Hbond substituents is 2. The second-order valence-corrected chi connectivity index (χ2v) is 11.1. The van der Waals surface area contributed by atoms with Gasteiger partial charge in [-0.3, -0.25) is 4.79 Å². The van der Waals surface area contributed by atoms with Crippen LogP contribution in [0.2, 0.25) is 0 Å². The molecule has 1 unspecified atom stereocenters. The van der Waals surface area contributed by atoms with Gasteiger partial charge in [0, 0.05) is 12.1 Å². The summed E-state index contributed by atoms with van der Waals surface area (Å²) in [6.45, 7) is 2.83. The third-order valence-corrected chi connectivity index (χ3v) is 7.82. The second-order valence-electron chi connectivity index (χ2n) is 11.1. The number of hydrogen-bond acceptors (Lipinski definition) is 6. The van der Waals surface area contributed by atoms with E-state index in [2.05, 4.69) is 6.92 Å². The molecule has 222 valence electrons. The normalized spacial score (nSPS) is 14.6. The van der Waals surface area contributed by atoms with Gasteiger partial charge in [0.25, 0.3) is 0 Å². The van der Waals surface area contributed by atoms with Crippen LogP contribution in [0.1, 0.15) is 138 Å². The first-order valence-electron chi connectivity index (χ1n) is 15.6. The molecule has 1 heterocycles. The average Bonchev–Trinajstić information content (AvgIpc) is 2.94. The van der Waals surface area contributed by atoms with Crippen LogP contribution in [0.5, 0.6) is 28.7 Å². The Kier molecular flexibility index (Phi) is 14.0. The maximum absolute atomic E-state index is 12.8. The molecule has 0 saturated carbocycles. The number of ketones is 1. The van der Waals surface area contributed by atoms with Gasteiger partial charge in [0.15, 0.2) is 17.3 Å². The average molecular weight is 555 g/mol. The molecule has 0 saturated heterocycles. The van der Waals surface area contributed by atoms with Crippen molar-refractivity contribution in [1.29, 1.82) is 0 Å². The molecule has 0 aromatic heterocycles. The second kappa shape index (κ2) is 17.7. The molecule has 1 aliphatic rings. The van der Waals surface area contributed by atoms with E-state index in [1.54, 1.807) is 24.3 Å². The zero-order chi connectivity index (χ0) is 28.6. The predicted octanol–water partition coefficient (Wildman–Crippen LogP) is 9.45. The smallest absolute Gasteiger partial charge is 0.174 e. The first-order valence-corrected chi connectivity index (χ1v) is 15.6. The van der Waals surface area contributed by atoms with E-state index in [0.717, 1.165) is 12.8 Å². The van der Waals surface area contributed by atoms with Crippen LogP contribution in [-0.4, -0.2) is 29.7 Å². The lowest BCUT2D eigenvalue weighted by Crippen LogP contribution is -2.20. The number of Topliss-reactive ketones (excluding diaryl/α,β-unsaturated/α-hetero) is 1. The fourth-order valence-electron chi connectivity index (χ4n) is 5.43. The molecule has 2 aromatic rings. The van der Waals surface area contributed by atoms with Crippen molar-refractivity contribution in [3.05, 3.63) is 41.5 Å². The highest BCUT2D eigenvalue weighted by atomic mass is 16.5. The van der Waals surface area contributed by atoms with Gasteiger partial charge in [-0.2, -0.15) is 0 Å². The molecule has 0 amide bonds. The Morgan fingerprint density at radius 1 is 0.775 bits per heavy atom. The molecule has 6 nitrogen and oxygen atoms in total. The van der Waals surface area contributed by atoms with Crippen molar-refractivity contribution in [1.82, 2.24) is 0 Å². The summed E-state index contributed by atoms with van der Waals surface area (Å²) in [5.41, 5.74) is 0.847. The van der Waals surface area contributed by atoms with Crippen LogP contribution < -0.4 is 14.2 Å². The van der Waals surface area contributed by atoms with Crippen LogP contribution in [-0.2, 0) is 0 Å². The lowest BCUT2D eigenvalue weighted by Gasteiger charge is -2.26. The summed E-state index contributed by atoms with van der Waals surface area (Å²) in [6.07, 6.45) is 20.7. The number of carbonyl (C=O) groups is 1. The van der Waals surface area contributed by atoms with Crippen molar-refractivity contribution in [3.63, 3.8) is 0 Å². The van der Waals surface area contributed by atoms with Crippen LogP contribution in [0, 0.1) is 0 Å². The van der Waals surface area contributed by atoms with Gasteiger partial charge in [-0.1, -0.05) is 109 Å². The minimum atomic E-state index is -0.563. The lowest BCUT2D eigenvalue weighted by atomic mass is 9.95. The Labute approximate surface area is 241 Å². The fourth-order valence-corrected chi connectivity index (χ4v) is 5.43. The first-order chi connectivity index (χ1) is 19.5. The molecule has 1 atom stereocenters. The van der Waals surface area contributed by atoms with Gasteiger partial charge in [-0.25, -0.2) is 0 Å². The van der Waals surface area contributed by atoms with Crippen molar-refractivity contribution in [3.8, 4) is 28.7 Å². The Bertz CT molecular complexity index is 1030. The van der Waals surface area contributed by atoms with Gasteiger partial charge in [0.1, 0.15) is 28.9 Å². The predicted molar refractivity (Wildman–Crippen MR) is 160 cm³/mol. The lowest BCUT2D eigenvalue weighted by molar-refractivity contribution is 0.0844. The molecule has 2 aromatic carbocycles. The minimum absolute atomic E-state index is 0.0134. The minimum Gasteiger partial charge on any atom is -0.507 e. The standard InChI is InChI=1S/C34H50O6/c1-3-4-5-6-7-8-9-10-11-12-13-14-15-16-17-18-21-39-27-23-29(36)34-30(37)25-32(40-33(34)24-27)26-19-20-31(38-2)28(35)22-26/h19-20,22-24,32,35-36H,3-18,21,25H2,1-2H3. The third-order valence-electron chi connectivity index (χ3n) is 7.82. The zero-order valence-corrected chi connectivity index (χ0v) is 24.7. The summed E-state index contributed by atoms with van der Waals surface area (Å²) in [4.78, 5) is 12.8. The highest BCUT2D eigenvalue weighted by molar-refractivity contribution is 6.02. The molecule has 0 aliphatic carbocycles. The fraction of sp³-hybridized carbons (Fsp3) is 0.618. The molecule has 0 radical (unpaired) electrons. The molecule has 0 fully saturated rings. The van der Waals surface area contributed by atoms with E-state index in [1.165, 1.54) is 103 Å². The molecular formula is C34H50O6. The molecule has 1 aliphatic heterocycles. The number of benzene rings is 2. The largest absolute Gasteiger partial charge is 0.507 e. The van der Waals surface area contributed by atoms with E-state index in [-0.39, 0.29) is 29.3 Å². The number of carbonyl (C=O) groups excluding carboxylic acids is 1.